The van der Waals surface area contributed by atoms with E-state index in [4.69, 9.17) is 18.3 Å². The second-order valence-electron chi connectivity index (χ2n) is 18.1. The molecule has 372 valence electrons. The highest BCUT2D eigenvalue weighted by Crippen LogP contribution is 2.33. The first-order valence-corrected chi connectivity index (χ1v) is 24.1. The van der Waals surface area contributed by atoms with Gasteiger partial charge in [-0.1, -0.05) is 68.1 Å². The first-order chi connectivity index (χ1) is 33.9. The molecule has 2 aliphatic rings. The van der Waals surface area contributed by atoms with E-state index >= 15 is 0 Å². The van der Waals surface area contributed by atoms with Crippen molar-refractivity contribution in [3.63, 3.8) is 0 Å². The molecule has 6 N–H and O–H groups in total. The number of carbonyl (C=O) groups is 6. The number of furan rings is 2. The van der Waals surface area contributed by atoms with Crippen molar-refractivity contribution in [2.45, 2.75) is 89.9 Å². The van der Waals surface area contributed by atoms with E-state index in [1.54, 1.807) is 42.1 Å². The number of hydrogen-bond acceptors (Lipinski definition) is 11. The predicted molar refractivity (Wildman–Crippen MR) is 259 cm³/mol. The van der Waals surface area contributed by atoms with Gasteiger partial charge < -0.3 is 50.2 Å². The zero-order chi connectivity index (χ0) is 49.6. The number of alkyl carbamates (subject to hydrolysis) is 1. The summed E-state index contributed by atoms with van der Waals surface area (Å²) >= 11 is 0. The number of aromatic nitrogens is 2. The van der Waals surface area contributed by atoms with Crippen LogP contribution in [0.1, 0.15) is 106 Å². The summed E-state index contributed by atoms with van der Waals surface area (Å²) in [5.41, 5.74) is 4.33. The van der Waals surface area contributed by atoms with E-state index in [2.05, 4.69) is 37.0 Å². The molecule has 18 nitrogen and oxygen atoms in total. The highest BCUT2D eigenvalue weighted by atomic mass is 16.6. The quantitative estimate of drug-likeness (QED) is 0.0481. The topological polar surface area (TPSA) is 237 Å². The first-order valence-electron chi connectivity index (χ1n) is 24.1. The van der Waals surface area contributed by atoms with Gasteiger partial charge in [0.2, 0.25) is 11.8 Å². The molecule has 0 bridgehead atoms. The second-order valence-corrected chi connectivity index (χ2v) is 18.1. The molecule has 4 atom stereocenters. The van der Waals surface area contributed by atoms with E-state index in [0.717, 1.165) is 67.3 Å². The van der Waals surface area contributed by atoms with Crippen molar-refractivity contribution in [2.24, 2.45) is 24.8 Å². The summed E-state index contributed by atoms with van der Waals surface area (Å²) in [5, 5.41) is 21.6. The number of benzene rings is 2. The summed E-state index contributed by atoms with van der Waals surface area (Å²) in [4.78, 5) is 79.3. The fourth-order valence-corrected chi connectivity index (χ4v) is 9.26. The molecule has 2 fully saturated rings. The lowest BCUT2D eigenvalue weighted by atomic mass is 9.77. The van der Waals surface area contributed by atoms with Gasteiger partial charge in [0, 0.05) is 57.7 Å². The SMILES string of the molecule is CNC(=O)C(NC(=O)c1ccc(-c2cccc(CNC(=O)c3cc(C)n(C)n3)c2)o1)C1CCCC(CNC(=O)C(NC(=O)c2ccc(-c3ccc(CNC(=O)OCCOC)cc3)o2)C2CCCCC2)C1. The number of ether oxygens (including phenoxy) is 2. The molecule has 2 aliphatic carbocycles. The van der Waals surface area contributed by atoms with Gasteiger partial charge in [-0.05, 0) is 104 Å². The zero-order valence-corrected chi connectivity index (χ0v) is 40.3. The fraction of sp³-hybridized carbons (Fsp3) is 0.442. The third-order valence-electron chi connectivity index (χ3n) is 13.2. The van der Waals surface area contributed by atoms with Gasteiger partial charge in [-0.25, -0.2) is 4.79 Å². The van der Waals surface area contributed by atoms with E-state index in [0.29, 0.717) is 48.8 Å². The Morgan fingerprint density at radius 2 is 1.34 bits per heavy atom. The number of nitrogens with one attached hydrogen (secondary N) is 6. The van der Waals surface area contributed by atoms with Crippen LogP contribution in [0.4, 0.5) is 4.79 Å². The normalized spacial score (nSPS) is 16.9. The molecular formula is C52H64N8O10. The van der Waals surface area contributed by atoms with Crippen molar-refractivity contribution in [1.29, 1.82) is 0 Å². The van der Waals surface area contributed by atoms with Crippen LogP contribution in [0.3, 0.4) is 0 Å². The Balaban J connectivity index is 0.924. The Labute approximate surface area is 407 Å². The van der Waals surface area contributed by atoms with Crippen LogP contribution in [0.5, 0.6) is 0 Å². The third kappa shape index (κ3) is 13.5. The van der Waals surface area contributed by atoms with Crippen LogP contribution in [-0.2, 0) is 39.2 Å². The maximum Gasteiger partial charge on any atom is 0.407 e. The molecule has 2 saturated carbocycles. The Bertz CT molecular complexity index is 2570. The molecule has 0 radical (unpaired) electrons. The number of amides is 6. The van der Waals surface area contributed by atoms with Crippen molar-refractivity contribution in [2.75, 3.05) is 33.9 Å². The van der Waals surface area contributed by atoms with Crippen LogP contribution in [0.2, 0.25) is 0 Å². The molecule has 18 heteroatoms. The first kappa shape index (κ1) is 50.7. The summed E-state index contributed by atoms with van der Waals surface area (Å²) < 4.78 is 23.6. The van der Waals surface area contributed by atoms with E-state index in [1.165, 1.54) is 14.2 Å². The number of hydrogen-bond donors (Lipinski definition) is 6. The monoisotopic (exact) mass is 960 g/mol. The van der Waals surface area contributed by atoms with Crippen LogP contribution in [0.25, 0.3) is 22.6 Å². The highest BCUT2D eigenvalue weighted by Gasteiger charge is 2.36. The van der Waals surface area contributed by atoms with Gasteiger partial charge in [-0.15, -0.1) is 0 Å². The summed E-state index contributed by atoms with van der Waals surface area (Å²) in [6.45, 7) is 3.22. The molecule has 70 heavy (non-hydrogen) atoms. The number of nitrogens with zero attached hydrogens (tertiary/aromatic N) is 2. The van der Waals surface area contributed by atoms with Crippen LogP contribution in [-0.4, -0.2) is 91.4 Å². The second kappa shape index (κ2) is 24.4. The number of likely N-dealkylation sites (N-methyl/N-ethyl adjacent to an activating group) is 1. The molecule has 0 saturated heterocycles. The minimum atomic E-state index is -0.844. The van der Waals surface area contributed by atoms with Gasteiger partial charge in [0.15, 0.2) is 11.5 Å². The summed E-state index contributed by atoms with van der Waals surface area (Å²) in [6.07, 6.45) is 6.99. The van der Waals surface area contributed by atoms with E-state index < -0.39 is 30.0 Å². The number of aryl methyl sites for hydroxylation is 2. The molecule has 0 spiro atoms. The van der Waals surface area contributed by atoms with Gasteiger partial charge >= 0.3 is 6.09 Å². The number of carbonyl (C=O) groups excluding carboxylic acids is 6. The van der Waals surface area contributed by atoms with Gasteiger partial charge in [-0.3, -0.25) is 28.7 Å². The molecule has 0 aliphatic heterocycles. The summed E-state index contributed by atoms with van der Waals surface area (Å²) in [7, 11) is 4.84. The molecule has 6 amide bonds. The summed E-state index contributed by atoms with van der Waals surface area (Å²) in [6, 6.07) is 21.5. The Morgan fingerprint density at radius 1 is 0.686 bits per heavy atom. The minimum Gasteiger partial charge on any atom is -0.451 e. The van der Waals surface area contributed by atoms with E-state index in [9.17, 15) is 28.8 Å². The smallest absolute Gasteiger partial charge is 0.407 e. The summed E-state index contributed by atoms with van der Waals surface area (Å²) in [5.74, 6) is -1.05. The molecule has 2 aromatic carbocycles. The fourth-order valence-electron chi connectivity index (χ4n) is 9.26. The molecule has 7 rings (SSSR count). The zero-order valence-electron chi connectivity index (χ0n) is 40.3. The standard InChI is InChI=1S/C52H64N8O10/c1-32-26-40(59-60(32)3)47(61)54-30-34-10-8-14-38(27-34)42-21-23-44(70-42)49(63)58-46(50(64)53-2)39-15-9-11-35(28-39)31-55-51(65)45(37-12-6-5-7-13-37)57-48(62)43-22-20-41(69-43)36-18-16-33(17-19-36)29-56-52(66)68-25-24-67-4/h8,10,14,16-23,26-27,35,37,39,45-46H,5-7,9,11-13,15,24-25,28-31H2,1-4H3,(H,53,64)(H,54,61)(H,55,65)(H,56,66)(H,57,62)(H,58,63). The van der Waals surface area contributed by atoms with Gasteiger partial charge in [0.1, 0.15) is 35.9 Å². The van der Waals surface area contributed by atoms with E-state index in [-0.39, 0.29) is 66.7 Å². The largest absolute Gasteiger partial charge is 0.451 e. The predicted octanol–water partition coefficient (Wildman–Crippen LogP) is 6.20. The van der Waals surface area contributed by atoms with Crippen LogP contribution >= 0.6 is 0 Å². The van der Waals surface area contributed by atoms with Gasteiger partial charge in [-0.2, -0.15) is 5.10 Å². The van der Waals surface area contributed by atoms with Crippen molar-refractivity contribution in [1.82, 2.24) is 41.7 Å². The number of methoxy groups -OCH3 is 1. The average Bonchev–Trinajstić information content (AvgIpc) is 4.17. The Kier molecular flexibility index (Phi) is 17.6. The lowest BCUT2D eigenvalue weighted by molar-refractivity contribution is -0.126. The Morgan fingerprint density at radius 3 is 2.00 bits per heavy atom. The molecule has 3 heterocycles. The minimum absolute atomic E-state index is 0.0272. The maximum atomic E-state index is 14.0. The van der Waals surface area contributed by atoms with Crippen molar-refractivity contribution < 1.29 is 47.1 Å². The Hall–Kier alpha value is -7.21. The van der Waals surface area contributed by atoms with Crippen molar-refractivity contribution >= 4 is 35.6 Å². The molecule has 3 aromatic heterocycles. The van der Waals surface area contributed by atoms with Crippen LogP contribution in [0.15, 0.2) is 87.7 Å². The maximum absolute atomic E-state index is 14.0. The number of rotatable bonds is 20. The van der Waals surface area contributed by atoms with Gasteiger partial charge in [0.05, 0.1) is 6.61 Å². The third-order valence-corrected chi connectivity index (χ3v) is 13.2. The average molecular weight is 961 g/mol. The highest BCUT2D eigenvalue weighted by molar-refractivity contribution is 5.97. The molecular weight excluding hydrogens is 897 g/mol. The molecule has 4 unspecified atom stereocenters. The van der Waals surface area contributed by atoms with Crippen LogP contribution < -0.4 is 31.9 Å². The van der Waals surface area contributed by atoms with Crippen molar-refractivity contribution in [3.05, 3.63) is 113 Å². The lowest BCUT2D eigenvalue weighted by Gasteiger charge is -2.35. The van der Waals surface area contributed by atoms with Crippen LogP contribution in [0, 0.1) is 24.7 Å². The van der Waals surface area contributed by atoms with Gasteiger partial charge in [0.25, 0.3) is 17.7 Å². The lowest BCUT2D eigenvalue weighted by Crippen LogP contribution is -2.53. The van der Waals surface area contributed by atoms with Crippen molar-refractivity contribution in [3.8, 4) is 22.6 Å². The molecule has 5 aromatic rings. The van der Waals surface area contributed by atoms with E-state index in [1.807, 2.05) is 55.5 Å².